The Hall–Kier alpha value is -2.32. The van der Waals surface area contributed by atoms with Gasteiger partial charge in [-0.15, -0.1) is 11.8 Å². The van der Waals surface area contributed by atoms with Crippen LogP contribution in [0.3, 0.4) is 0 Å². The molecule has 0 radical (unpaired) electrons. The monoisotopic (exact) mass is 512 g/mol. The lowest BCUT2D eigenvalue weighted by atomic mass is 9.77. The zero-order chi connectivity index (χ0) is 23.5. The predicted molar refractivity (Wildman–Crippen MR) is 138 cm³/mol. The summed E-state index contributed by atoms with van der Waals surface area (Å²) in [5.41, 5.74) is 1.89. The number of hydrogen-bond acceptors (Lipinski definition) is 6. The predicted octanol–water partition coefficient (Wildman–Crippen LogP) is 5.49. The van der Waals surface area contributed by atoms with E-state index in [2.05, 4.69) is 16.7 Å². The Morgan fingerprint density at radius 2 is 1.88 bits per heavy atom. The lowest BCUT2D eigenvalue weighted by Gasteiger charge is -2.40. The smallest absolute Gasteiger partial charge is 0.242 e. The van der Waals surface area contributed by atoms with Gasteiger partial charge in [0.15, 0.2) is 5.78 Å². The molecule has 2 aliphatic heterocycles. The molecule has 0 aliphatic carbocycles. The first-order valence-corrected chi connectivity index (χ1v) is 13.5. The van der Waals surface area contributed by atoms with Gasteiger partial charge in [0.25, 0.3) is 0 Å². The molecule has 2 saturated heterocycles. The van der Waals surface area contributed by atoms with E-state index in [0.717, 1.165) is 47.8 Å². The third-order valence-corrected chi connectivity index (χ3v) is 8.80. The van der Waals surface area contributed by atoms with Crippen LogP contribution in [-0.2, 0) is 19.9 Å². The highest BCUT2D eigenvalue weighted by Gasteiger charge is 2.47. The Balaban J connectivity index is 1.45. The second-order valence-electron chi connectivity index (χ2n) is 8.59. The average molecular weight is 513 g/mol. The van der Waals surface area contributed by atoms with Gasteiger partial charge in [-0.05, 0) is 65.1 Å². The summed E-state index contributed by atoms with van der Waals surface area (Å²) in [7, 11) is 0. The van der Waals surface area contributed by atoms with Gasteiger partial charge >= 0.3 is 0 Å². The number of anilines is 1. The average Bonchev–Trinajstić information content (AvgIpc) is 3.39. The Morgan fingerprint density at radius 1 is 1.06 bits per heavy atom. The first-order chi connectivity index (χ1) is 16.5. The van der Waals surface area contributed by atoms with Crippen LogP contribution in [0, 0.1) is 0 Å². The standard InChI is InChI=1S/C26H25ClN2O3S2/c27-21-6-1-2-7-23(21)34-24-22(30)15-26(29-25(24)31,18-10-13-33-16-18)17-4-3-5-20(14-17)28-19-8-11-32-12-9-19/h1-7,10,13-14,16,19,24,28H,8-9,11-12,15H2,(H,29,31). The minimum absolute atomic E-state index is 0.109. The molecule has 2 fully saturated rings. The van der Waals surface area contributed by atoms with Gasteiger partial charge in [-0.2, -0.15) is 11.3 Å². The molecule has 2 N–H and O–H groups in total. The van der Waals surface area contributed by atoms with Crippen LogP contribution in [-0.4, -0.2) is 36.2 Å². The number of ether oxygens (including phenoxy) is 1. The number of amides is 1. The van der Waals surface area contributed by atoms with Gasteiger partial charge in [0.1, 0.15) is 5.25 Å². The van der Waals surface area contributed by atoms with Gasteiger partial charge < -0.3 is 15.4 Å². The number of thiophene rings is 1. The van der Waals surface area contributed by atoms with Gasteiger partial charge in [0, 0.05) is 36.3 Å². The third-order valence-electron chi connectivity index (χ3n) is 6.35. The lowest BCUT2D eigenvalue weighted by Crippen LogP contribution is -2.58. The first kappa shape index (κ1) is 23.4. The number of carbonyl (C=O) groups is 2. The molecule has 2 unspecified atom stereocenters. The number of ketones is 1. The van der Waals surface area contributed by atoms with Crippen LogP contribution in [0.4, 0.5) is 5.69 Å². The number of halogens is 1. The molecule has 0 bridgehead atoms. The fourth-order valence-electron chi connectivity index (χ4n) is 4.58. The normalized spacial score (nSPS) is 23.5. The maximum atomic E-state index is 13.5. The Bertz CT molecular complexity index is 1160. The van der Waals surface area contributed by atoms with Crippen molar-refractivity contribution >= 4 is 52.1 Å². The van der Waals surface area contributed by atoms with E-state index in [1.54, 1.807) is 17.4 Å². The van der Waals surface area contributed by atoms with Crippen LogP contribution in [0.25, 0.3) is 0 Å². The van der Waals surface area contributed by atoms with Crippen LogP contribution >= 0.6 is 34.7 Å². The topological polar surface area (TPSA) is 67.4 Å². The SMILES string of the molecule is O=C1CC(c2ccsc2)(c2cccc(NC3CCOCC3)c2)NC(=O)C1Sc1ccccc1Cl. The molecule has 34 heavy (non-hydrogen) atoms. The molecule has 3 aromatic rings. The van der Waals surface area contributed by atoms with E-state index in [-0.39, 0.29) is 18.1 Å². The van der Waals surface area contributed by atoms with Crippen molar-refractivity contribution < 1.29 is 14.3 Å². The molecule has 8 heteroatoms. The van der Waals surface area contributed by atoms with Crippen LogP contribution in [0.5, 0.6) is 0 Å². The fourth-order valence-corrected chi connectivity index (χ4v) is 6.55. The number of carbonyl (C=O) groups excluding carboxylic acids is 2. The van der Waals surface area contributed by atoms with E-state index in [1.807, 2.05) is 53.2 Å². The zero-order valence-electron chi connectivity index (χ0n) is 18.5. The highest BCUT2D eigenvalue weighted by molar-refractivity contribution is 8.01. The summed E-state index contributed by atoms with van der Waals surface area (Å²) in [5, 5.41) is 10.5. The van der Waals surface area contributed by atoms with E-state index >= 15 is 0 Å². The molecular formula is C26H25ClN2O3S2. The van der Waals surface area contributed by atoms with E-state index in [4.69, 9.17) is 16.3 Å². The third kappa shape index (κ3) is 4.75. The Kier molecular flexibility index (Phi) is 6.97. The van der Waals surface area contributed by atoms with Gasteiger partial charge in [0.2, 0.25) is 5.91 Å². The van der Waals surface area contributed by atoms with E-state index in [9.17, 15) is 9.59 Å². The minimum atomic E-state index is -0.904. The van der Waals surface area contributed by atoms with Crippen molar-refractivity contribution in [2.75, 3.05) is 18.5 Å². The molecule has 0 saturated carbocycles. The summed E-state index contributed by atoms with van der Waals surface area (Å²) in [6, 6.07) is 17.7. The molecule has 2 aromatic carbocycles. The van der Waals surface area contributed by atoms with Crippen LogP contribution in [0.15, 0.2) is 70.3 Å². The second-order valence-corrected chi connectivity index (χ2v) is 10.9. The number of rotatable bonds is 6. The minimum Gasteiger partial charge on any atom is -0.382 e. The quantitative estimate of drug-likeness (QED) is 0.428. The summed E-state index contributed by atoms with van der Waals surface area (Å²) in [4.78, 5) is 27.6. The number of hydrogen-bond donors (Lipinski definition) is 2. The van der Waals surface area contributed by atoms with Crippen LogP contribution < -0.4 is 10.6 Å². The van der Waals surface area contributed by atoms with Crippen molar-refractivity contribution in [3.8, 4) is 0 Å². The van der Waals surface area contributed by atoms with Crippen LogP contribution in [0.2, 0.25) is 5.02 Å². The number of benzene rings is 2. The first-order valence-electron chi connectivity index (χ1n) is 11.3. The van der Waals surface area contributed by atoms with Gasteiger partial charge in [-0.1, -0.05) is 35.9 Å². The summed E-state index contributed by atoms with van der Waals surface area (Å²) < 4.78 is 5.47. The molecule has 2 atom stereocenters. The molecule has 1 amide bonds. The maximum Gasteiger partial charge on any atom is 0.242 e. The van der Waals surface area contributed by atoms with Crippen molar-refractivity contribution in [1.82, 2.24) is 5.32 Å². The van der Waals surface area contributed by atoms with Crippen molar-refractivity contribution in [2.45, 2.75) is 41.0 Å². The molecular weight excluding hydrogens is 488 g/mol. The Morgan fingerprint density at radius 3 is 2.62 bits per heavy atom. The van der Waals surface area contributed by atoms with Gasteiger partial charge in [-0.25, -0.2) is 0 Å². The number of piperidine rings is 1. The largest absolute Gasteiger partial charge is 0.382 e. The molecule has 176 valence electrons. The molecule has 1 aromatic heterocycles. The zero-order valence-corrected chi connectivity index (χ0v) is 20.8. The highest BCUT2D eigenvalue weighted by Crippen LogP contribution is 2.42. The highest BCUT2D eigenvalue weighted by atomic mass is 35.5. The Labute approximate surface area is 212 Å². The summed E-state index contributed by atoms with van der Waals surface area (Å²) in [6.07, 6.45) is 2.09. The molecule has 0 spiro atoms. The molecule has 3 heterocycles. The van der Waals surface area contributed by atoms with Crippen molar-refractivity contribution in [2.24, 2.45) is 0 Å². The summed E-state index contributed by atoms with van der Waals surface area (Å²) >= 11 is 9.06. The van der Waals surface area contributed by atoms with E-state index in [1.165, 1.54) is 11.8 Å². The van der Waals surface area contributed by atoms with E-state index < -0.39 is 10.8 Å². The van der Waals surface area contributed by atoms with Crippen LogP contribution in [0.1, 0.15) is 30.4 Å². The van der Waals surface area contributed by atoms with Crippen molar-refractivity contribution in [3.05, 3.63) is 81.5 Å². The van der Waals surface area contributed by atoms with Crippen molar-refractivity contribution in [3.63, 3.8) is 0 Å². The van der Waals surface area contributed by atoms with Gasteiger partial charge in [-0.3, -0.25) is 9.59 Å². The maximum absolute atomic E-state index is 13.5. The fraction of sp³-hybridized carbons (Fsp3) is 0.308. The lowest BCUT2D eigenvalue weighted by molar-refractivity contribution is -0.132. The van der Waals surface area contributed by atoms with Crippen molar-refractivity contribution in [1.29, 1.82) is 0 Å². The van der Waals surface area contributed by atoms with E-state index in [0.29, 0.717) is 11.1 Å². The summed E-state index contributed by atoms with van der Waals surface area (Å²) in [5.74, 6) is -0.405. The summed E-state index contributed by atoms with van der Waals surface area (Å²) in [6.45, 7) is 1.51. The van der Waals surface area contributed by atoms with Gasteiger partial charge in [0.05, 0.1) is 10.6 Å². The molecule has 5 nitrogen and oxygen atoms in total. The molecule has 2 aliphatic rings. The molecule has 5 rings (SSSR count). The number of Topliss-reactive ketones (excluding diaryl/α,β-unsaturated/α-hetero) is 1. The second kappa shape index (κ2) is 10.1. The number of nitrogens with one attached hydrogen (secondary N) is 2. The number of thioether (sulfide) groups is 1.